The summed E-state index contributed by atoms with van der Waals surface area (Å²) >= 11 is 0. The summed E-state index contributed by atoms with van der Waals surface area (Å²) in [6.07, 6.45) is 1.68. The van der Waals surface area contributed by atoms with E-state index in [0.29, 0.717) is 0 Å². The van der Waals surface area contributed by atoms with Crippen molar-refractivity contribution in [2.24, 2.45) is 5.92 Å². The maximum atomic E-state index is 12.2. The van der Waals surface area contributed by atoms with Gasteiger partial charge in [-0.25, -0.2) is 4.79 Å². The first kappa shape index (κ1) is 16.1. The van der Waals surface area contributed by atoms with E-state index >= 15 is 0 Å². The van der Waals surface area contributed by atoms with Crippen molar-refractivity contribution in [3.05, 3.63) is 29.3 Å². The lowest BCUT2D eigenvalue weighted by atomic mass is 10.1. The largest absolute Gasteiger partial charge is 0.496 e. The normalized spacial score (nSPS) is 17.5. The number of fused-ring (bicyclic) bond motifs is 1. The van der Waals surface area contributed by atoms with Gasteiger partial charge in [0.05, 0.1) is 19.1 Å². The molecule has 2 atom stereocenters. The molecule has 0 bridgehead atoms. The summed E-state index contributed by atoms with van der Waals surface area (Å²) < 4.78 is 5.35. The van der Waals surface area contributed by atoms with Gasteiger partial charge in [-0.1, -0.05) is 19.1 Å². The molecule has 6 nitrogen and oxygen atoms in total. The van der Waals surface area contributed by atoms with Crippen LogP contribution in [-0.4, -0.2) is 42.7 Å². The minimum absolute atomic E-state index is 0.0554. The van der Waals surface area contributed by atoms with Gasteiger partial charge in [0.2, 0.25) is 0 Å². The Balaban J connectivity index is 2.02. The number of rotatable bonds is 5. The number of methoxy groups -OCH3 is 1. The second-order valence-corrected chi connectivity index (χ2v) is 5.69. The van der Waals surface area contributed by atoms with E-state index in [1.165, 1.54) is 4.90 Å². The van der Waals surface area contributed by atoms with Crippen molar-refractivity contribution in [1.29, 1.82) is 0 Å². The molecule has 0 saturated carbocycles. The number of hydrogen-bond acceptors (Lipinski definition) is 3. The standard InChI is InChI=1S/C16H22N2O4/c1-10(15(19)20)9-18(2)16(21)17-13-8-7-12-11(13)5-4-6-14(12)22-3/h4-6,10,13H,7-9H2,1-3H3,(H,17,21)(H,19,20). The van der Waals surface area contributed by atoms with E-state index in [1.54, 1.807) is 21.1 Å². The van der Waals surface area contributed by atoms with Crippen LogP contribution in [0.4, 0.5) is 4.79 Å². The third-order valence-electron chi connectivity index (χ3n) is 4.06. The van der Waals surface area contributed by atoms with Crippen LogP contribution in [0.3, 0.4) is 0 Å². The van der Waals surface area contributed by atoms with Crippen molar-refractivity contribution in [3.8, 4) is 5.75 Å². The Morgan fingerprint density at radius 3 is 2.86 bits per heavy atom. The number of hydrogen-bond donors (Lipinski definition) is 2. The zero-order chi connectivity index (χ0) is 16.3. The summed E-state index contributed by atoms with van der Waals surface area (Å²) in [6, 6.07) is 5.52. The van der Waals surface area contributed by atoms with Gasteiger partial charge in [0.25, 0.3) is 0 Å². The Morgan fingerprint density at radius 1 is 1.50 bits per heavy atom. The molecule has 1 aliphatic rings. The molecular weight excluding hydrogens is 284 g/mol. The van der Waals surface area contributed by atoms with Crippen LogP contribution < -0.4 is 10.1 Å². The number of nitrogens with zero attached hydrogens (tertiary/aromatic N) is 1. The fraction of sp³-hybridized carbons (Fsp3) is 0.500. The maximum absolute atomic E-state index is 12.2. The second kappa shape index (κ2) is 6.68. The molecule has 0 spiro atoms. The van der Waals surface area contributed by atoms with Gasteiger partial charge in [-0.05, 0) is 30.0 Å². The molecule has 22 heavy (non-hydrogen) atoms. The Labute approximate surface area is 130 Å². The molecule has 6 heteroatoms. The smallest absolute Gasteiger partial charge is 0.317 e. The minimum Gasteiger partial charge on any atom is -0.496 e. The maximum Gasteiger partial charge on any atom is 0.317 e. The van der Waals surface area contributed by atoms with Crippen molar-refractivity contribution in [2.75, 3.05) is 20.7 Å². The van der Waals surface area contributed by atoms with Crippen molar-refractivity contribution < 1.29 is 19.4 Å². The van der Waals surface area contributed by atoms with Gasteiger partial charge in [0.1, 0.15) is 5.75 Å². The summed E-state index contributed by atoms with van der Waals surface area (Å²) in [5.41, 5.74) is 2.21. The number of ether oxygens (including phenoxy) is 1. The minimum atomic E-state index is -0.907. The average Bonchev–Trinajstić information content (AvgIpc) is 2.90. The molecule has 0 saturated heterocycles. The van der Waals surface area contributed by atoms with Gasteiger partial charge in [-0.3, -0.25) is 4.79 Å². The van der Waals surface area contributed by atoms with Crippen molar-refractivity contribution in [1.82, 2.24) is 10.2 Å². The highest BCUT2D eigenvalue weighted by Crippen LogP contribution is 2.36. The summed E-state index contributed by atoms with van der Waals surface area (Å²) in [5, 5.41) is 11.9. The van der Waals surface area contributed by atoms with Crippen LogP contribution in [0, 0.1) is 5.92 Å². The molecule has 0 fully saturated rings. The molecule has 2 rings (SSSR count). The number of aliphatic carboxylic acids is 1. The Hall–Kier alpha value is -2.24. The van der Waals surface area contributed by atoms with Gasteiger partial charge in [-0.15, -0.1) is 0 Å². The van der Waals surface area contributed by atoms with Crippen molar-refractivity contribution >= 4 is 12.0 Å². The van der Waals surface area contributed by atoms with Crippen LogP contribution >= 0.6 is 0 Å². The van der Waals surface area contributed by atoms with E-state index < -0.39 is 11.9 Å². The third kappa shape index (κ3) is 3.32. The fourth-order valence-corrected chi connectivity index (χ4v) is 2.79. The zero-order valence-corrected chi connectivity index (χ0v) is 13.1. The summed E-state index contributed by atoms with van der Waals surface area (Å²) in [4.78, 5) is 24.5. The number of amides is 2. The predicted octanol–water partition coefficient (Wildman–Crippen LogP) is 2.04. The number of carboxylic acid groups (broad SMARTS) is 1. The summed E-state index contributed by atoms with van der Waals surface area (Å²) in [5.74, 6) is -0.649. The Morgan fingerprint density at radius 2 is 2.23 bits per heavy atom. The van der Waals surface area contributed by atoms with Gasteiger partial charge < -0.3 is 20.1 Å². The van der Waals surface area contributed by atoms with Crippen LogP contribution in [0.2, 0.25) is 0 Å². The lowest BCUT2D eigenvalue weighted by molar-refractivity contribution is -0.141. The van der Waals surface area contributed by atoms with Crippen LogP contribution in [0.5, 0.6) is 5.75 Å². The number of carbonyl (C=O) groups is 2. The molecule has 1 aromatic rings. The van der Waals surface area contributed by atoms with E-state index in [2.05, 4.69) is 5.32 Å². The van der Waals surface area contributed by atoms with E-state index in [9.17, 15) is 9.59 Å². The SMILES string of the molecule is COc1cccc2c1CCC2NC(=O)N(C)CC(C)C(=O)O. The van der Waals surface area contributed by atoms with Crippen LogP contribution in [0.25, 0.3) is 0 Å². The topological polar surface area (TPSA) is 78.9 Å². The van der Waals surface area contributed by atoms with Gasteiger partial charge in [0.15, 0.2) is 0 Å². The molecule has 0 aliphatic heterocycles. The lowest BCUT2D eigenvalue weighted by Gasteiger charge is -2.23. The molecule has 0 aromatic heterocycles. The molecule has 2 N–H and O–H groups in total. The number of benzene rings is 1. The Kier molecular flexibility index (Phi) is 4.90. The van der Waals surface area contributed by atoms with Crippen LogP contribution in [0.1, 0.15) is 30.5 Å². The van der Waals surface area contributed by atoms with E-state index in [1.807, 2.05) is 18.2 Å². The van der Waals surface area contributed by atoms with Crippen molar-refractivity contribution in [3.63, 3.8) is 0 Å². The fourth-order valence-electron chi connectivity index (χ4n) is 2.79. The first-order valence-electron chi connectivity index (χ1n) is 7.34. The highest BCUT2D eigenvalue weighted by molar-refractivity contribution is 5.76. The predicted molar refractivity (Wildman–Crippen MR) is 82.0 cm³/mol. The van der Waals surface area contributed by atoms with E-state index in [-0.39, 0.29) is 18.6 Å². The van der Waals surface area contributed by atoms with Crippen LogP contribution in [0.15, 0.2) is 18.2 Å². The van der Waals surface area contributed by atoms with Gasteiger partial charge in [-0.2, -0.15) is 0 Å². The first-order valence-corrected chi connectivity index (χ1v) is 7.34. The van der Waals surface area contributed by atoms with Gasteiger partial charge in [0, 0.05) is 13.6 Å². The lowest BCUT2D eigenvalue weighted by Crippen LogP contribution is -2.41. The quantitative estimate of drug-likeness (QED) is 0.872. The van der Waals surface area contributed by atoms with Crippen LogP contribution in [-0.2, 0) is 11.2 Å². The zero-order valence-electron chi connectivity index (χ0n) is 13.1. The number of carbonyl (C=O) groups excluding carboxylic acids is 1. The molecule has 0 heterocycles. The molecule has 1 aromatic carbocycles. The van der Waals surface area contributed by atoms with E-state index in [0.717, 1.165) is 29.7 Å². The van der Waals surface area contributed by atoms with Crippen molar-refractivity contribution in [2.45, 2.75) is 25.8 Å². The monoisotopic (exact) mass is 306 g/mol. The number of urea groups is 1. The number of nitrogens with one attached hydrogen (secondary N) is 1. The Bertz CT molecular complexity index is 573. The summed E-state index contributed by atoms with van der Waals surface area (Å²) in [7, 11) is 3.25. The number of carboxylic acids is 1. The highest BCUT2D eigenvalue weighted by Gasteiger charge is 2.27. The second-order valence-electron chi connectivity index (χ2n) is 5.69. The highest BCUT2D eigenvalue weighted by atomic mass is 16.5. The third-order valence-corrected chi connectivity index (χ3v) is 4.06. The molecule has 2 unspecified atom stereocenters. The molecular formula is C16H22N2O4. The molecule has 120 valence electrons. The van der Waals surface area contributed by atoms with Gasteiger partial charge >= 0.3 is 12.0 Å². The average molecular weight is 306 g/mol. The van der Waals surface area contributed by atoms with E-state index in [4.69, 9.17) is 9.84 Å². The molecule has 2 amide bonds. The molecule has 1 aliphatic carbocycles. The first-order chi connectivity index (χ1) is 10.4. The molecule has 0 radical (unpaired) electrons. The summed E-state index contributed by atoms with van der Waals surface area (Å²) in [6.45, 7) is 1.76.